The van der Waals surface area contributed by atoms with Gasteiger partial charge in [0, 0.05) is 32.2 Å². The molecule has 1 amide bonds. The normalized spacial score (nSPS) is 22.5. The number of hydrogen-bond donors (Lipinski definition) is 1. The van der Waals surface area contributed by atoms with E-state index < -0.39 is 0 Å². The second-order valence-corrected chi connectivity index (χ2v) is 4.99. The summed E-state index contributed by atoms with van der Waals surface area (Å²) in [7, 11) is 0. The van der Waals surface area contributed by atoms with Gasteiger partial charge in [0.1, 0.15) is 0 Å². The lowest BCUT2D eigenvalue weighted by atomic mass is 10.1. The summed E-state index contributed by atoms with van der Waals surface area (Å²) in [4.78, 5) is 13.9. The molecule has 0 aromatic rings. The minimum Gasteiger partial charge on any atom is -0.376 e. The van der Waals surface area contributed by atoms with Gasteiger partial charge in [-0.15, -0.1) is 0 Å². The Labute approximate surface area is 104 Å². The maximum absolute atomic E-state index is 11.9. The summed E-state index contributed by atoms with van der Waals surface area (Å²) in [6.07, 6.45) is 4.75. The van der Waals surface area contributed by atoms with Gasteiger partial charge >= 0.3 is 0 Å². The molecule has 0 saturated carbocycles. The number of ether oxygens (including phenoxy) is 1. The molecule has 2 unspecified atom stereocenters. The number of nitrogens with zero attached hydrogens (tertiary/aromatic N) is 1. The first-order valence-corrected chi connectivity index (χ1v) is 6.78. The van der Waals surface area contributed by atoms with Gasteiger partial charge in [0.2, 0.25) is 5.91 Å². The lowest BCUT2D eigenvalue weighted by Crippen LogP contribution is -2.43. The topological polar surface area (TPSA) is 55.6 Å². The van der Waals surface area contributed by atoms with Crippen LogP contribution in [0.1, 0.15) is 46.0 Å². The molecule has 0 aliphatic carbocycles. The van der Waals surface area contributed by atoms with Crippen LogP contribution in [-0.2, 0) is 9.53 Å². The summed E-state index contributed by atoms with van der Waals surface area (Å²) in [6.45, 7) is 6.49. The number of rotatable bonds is 6. The molecule has 0 spiro atoms. The maximum Gasteiger partial charge on any atom is 0.222 e. The number of amides is 1. The van der Waals surface area contributed by atoms with Crippen LogP contribution in [0.15, 0.2) is 0 Å². The summed E-state index contributed by atoms with van der Waals surface area (Å²) in [5.74, 6) is 0.229. The van der Waals surface area contributed by atoms with Crippen LogP contribution in [0.2, 0.25) is 0 Å². The number of hydrogen-bond acceptors (Lipinski definition) is 3. The van der Waals surface area contributed by atoms with Crippen LogP contribution in [0.4, 0.5) is 0 Å². The lowest BCUT2D eigenvalue weighted by Gasteiger charge is -2.32. The van der Waals surface area contributed by atoms with Gasteiger partial charge in [-0.25, -0.2) is 0 Å². The third kappa shape index (κ3) is 5.50. The smallest absolute Gasteiger partial charge is 0.222 e. The number of likely N-dealkylation sites (tertiary alicyclic amines) is 1. The molecule has 1 aliphatic rings. The zero-order chi connectivity index (χ0) is 12.7. The molecule has 0 aromatic carbocycles. The Balaban J connectivity index is 2.30. The van der Waals surface area contributed by atoms with Crippen LogP contribution >= 0.6 is 0 Å². The molecule has 2 atom stereocenters. The first-order valence-electron chi connectivity index (χ1n) is 6.78. The molecule has 17 heavy (non-hydrogen) atoms. The minimum absolute atomic E-state index is 0.107. The molecule has 0 bridgehead atoms. The van der Waals surface area contributed by atoms with Crippen molar-refractivity contribution >= 4 is 5.91 Å². The van der Waals surface area contributed by atoms with Crippen LogP contribution in [0.5, 0.6) is 0 Å². The van der Waals surface area contributed by atoms with Gasteiger partial charge in [-0.3, -0.25) is 4.79 Å². The van der Waals surface area contributed by atoms with Crippen molar-refractivity contribution in [2.24, 2.45) is 5.73 Å². The molecule has 0 radical (unpaired) electrons. The quantitative estimate of drug-likeness (QED) is 0.768. The predicted molar refractivity (Wildman–Crippen MR) is 68.7 cm³/mol. The minimum atomic E-state index is 0.107. The first-order chi connectivity index (χ1) is 8.13. The van der Waals surface area contributed by atoms with E-state index in [2.05, 4.69) is 6.92 Å². The fourth-order valence-corrected chi connectivity index (χ4v) is 2.09. The molecule has 2 N–H and O–H groups in total. The van der Waals surface area contributed by atoms with Crippen LogP contribution in [-0.4, -0.2) is 42.6 Å². The van der Waals surface area contributed by atoms with Crippen LogP contribution in [0.3, 0.4) is 0 Å². The van der Waals surface area contributed by atoms with Crippen molar-refractivity contribution in [3.05, 3.63) is 0 Å². The second-order valence-electron chi connectivity index (χ2n) is 4.99. The standard InChI is InChI=1S/C13H26N2O2/c1-3-9-17-12-5-4-8-15(10-12)13(16)7-6-11(2)14/h11-12H,3-10,14H2,1-2H3. The van der Waals surface area contributed by atoms with E-state index in [0.717, 1.165) is 45.4 Å². The van der Waals surface area contributed by atoms with Gasteiger partial charge in [0.15, 0.2) is 0 Å². The summed E-state index contributed by atoms with van der Waals surface area (Å²) < 4.78 is 5.72. The molecular formula is C13H26N2O2. The molecule has 0 aromatic heterocycles. The number of piperidine rings is 1. The van der Waals surface area contributed by atoms with Crippen molar-refractivity contribution in [3.63, 3.8) is 0 Å². The Morgan fingerprint density at radius 1 is 1.59 bits per heavy atom. The highest BCUT2D eigenvalue weighted by atomic mass is 16.5. The third-order valence-corrected chi connectivity index (χ3v) is 3.10. The van der Waals surface area contributed by atoms with E-state index in [1.165, 1.54) is 0 Å². The van der Waals surface area contributed by atoms with E-state index >= 15 is 0 Å². The summed E-state index contributed by atoms with van der Waals surface area (Å²) in [5, 5.41) is 0. The highest BCUT2D eigenvalue weighted by Crippen LogP contribution is 2.15. The summed E-state index contributed by atoms with van der Waals surface area (Å²) >= 11 is 0. The fourth-order valence-electron chi connectivity index (χ4n) is 2.09. The maximum atomic E-state index is 11.9. The SMILES string of the molecule is CCCOC1CCCN(C(=O)CCC(C)N)C1. The molecule has 1 saturated heterocycles. The van der Waals surface area contributed by atoms with E-state index in [1.807, 2.05) is 11.8 Å². The van der Waals surface area contributed by atoms with Crippen molar-refractivity contribution < 1.29 is 9.53 Å². The second kappa shape index (κ2) is 7.67. The first kappa shape index (κ1) is 14.5. The molecular weight excluding hydrogens is 216 g/mol. The van der Waals surface area contributed by atoms with Gasteiger partial charge in [-0.05, 0) is 32.6 Å². The van der Waals surface area contributed by atoms with E-state index in [4.69, 9.17) is 10.5 Å². The number of carbonyl (C=O) groups excluding carboxylic acids is 1. The lowest BCUT2D eigenvalue weighted by molar-refractivity contribution is -0.135. The highest BCUT2D eigenvalue weighted by Gasteiger charge is 2.23. The highest BCUT2D eigenvalue weighted by molar-refractivity contribution is 5.76. The Bertz CT molecular complexity index is 231. The molecule has 4 heteroatoms. The van der Waals surface area contributed by atoms with Crippen LogP contribution in [0.25, 0.3) is 0 Å². The van der Waals surface area contributed by atoms with Gasteiger partial charge in [0.25, 0.3) is 0 Å². The average Bonchev–Trinajstić information content (AvgIpc) is 2.33. The van der Waals surface area contributed by atoms with Crippen molar-refractivity contribution in [1.82, 2.24) is 4.90 Å². The van der Waals surface area contributed by atoms with Gasteiger partial charge in [-0.2, -0.15) is 0 Å². The molecule has 1 heterocycles. The van der Waals surface area contributed by atoms with Crippen molar-refractivity contribution in [2.75, 3.05) is 19.7 Å². The third-order valence-electron chi connectivity index (χ3n) is 3.10. The van der Waals surface area contributed by atoms with E-state index in [-0.39, 0.29) is 18.1 Å². The van der Waals surface area contributed by atoms with E-state index in [9.17, 15) is 4.79 Å². The Morgan fingerprint density at radius 3 is 3.00 bits per heavy atom. The van der Waals surface area contributed by atoms with Gasteiger partial charge in [-0.1, -0.05) is 6.92 Å². The van der Waals surface area contributed by atoms with Crippen LogP contribution < -0.4 is 5.73 Å². The van der Waals surface area contributed by atoms with Crippen molar-refractivity contribution in [2.45, 2.75) is 58.1 Å². The van der Waals surface area contributed by atoms with Gasteiger partial charge in [0.05, 0.1) is 6.10 Å². The zero-order valence-corrected chi connectivity index (χ0v) is 11.2. The monoisotopic (exact) mass is 242 g/mol. The number of carbonyl (C=O) groups is 1. The molecule has 1 aliphatic heterocycles. The average molecular weight is 242 g/mol. The molecule has 4 nitrogen and oxygen atoms in total. The van der Waals surface area contributed by atoms with Crippen molar-refractivity contribution in [1.29, 1.82) is 0 Å². The van der Waals surface area contributed by atoms with Gasteiger partial charge < -0.3 is 15.4 Å². The Kier molecular flexibility index (Phi) is 6.52. The largest absolute Gasteiger partial charge is 0.376 e. The van der Waals surface area contributed by atoms with Crippen LogP contribution in [0, 0.1) is 0 Å². The summed E-state index contributed by atoms with van der Waals surface area (Å²) in [5.41, 5.74) is 5.67. The molecule has 1 fully saturated rings. The Hall–Kier alpha value is -0.610. The predicted octanol–water partition coefficient (Wildman–Crippen LogP) is 1.53. The zero-order valence-electron chi connectivity index (χ0n) is 11.2. The fraction of sp³-hybridized carbons (Fsp3) is 0.923. The number of nitrogens with two attached hydrogens (primary N) is 1. The van der Waals surface area contributed by atoms with E-state index in [1.54, 1.807) is 0 Å². The van der Waals surface area contributed by atoms with E-state index in [0.29, 0.717) is 6.42 Å². The van der Waals surface area contributed by atoms with Crippen molar-refractivity contribution in [3.8, 4) is 0 Å². The Morgan fingerprint density at radius 2 is 2.35 bits per heavy atom. The molecule has 1 rings (SSSR count). The molecule has 100 valence electrons. The summed E-state index contributed by atoms with van der Waals surface area (Å²) in [6, 6.07) is 0.107.